The van der Waals surface area contributed by atoms with E-state index in [4.69, 9.17) is 23.2 Å². The number of anilines is 1. The Kier molecular flexibility index (Phi) is 3.68. The molecule has 1 unspecified atom stereocenters. The van der Waals surface area contributed by atoms with Gasteiger partial charge in [-0.05, 0) is 18.2 Å². The number of hydrogen-bond donors (Lipinski definition) is 0. The molecule has 1 amide bonds. The summed E-state index contributed by atoms with van der Waals surface area (Å²) in [5, 5.41) is 2.58. The van der Waals surface area contributed by atoms with Crippen molar-refractivity contribution in [3.8, 4) is 0 Å². The third kappa shape index (κ3) is 2.66. The third-order valence-corrected chi connectivity index (χ3v) is 3.37. The van der Waals surface area contributed by atoms with Crippen molar-refractivity contribution in [3.63, 3.8) is 0 Å². The molecule has 1 atom stereocenters. The molecule has 3 nitrogen and oxygen atoms in total. The highest BCUT2D eigenvalue weighted by Crippen LogP contribution is 2.38. The Labute approximate surface area is 117 Å². The van der Waals surface area contributed by atoms with E-state index in [1.54, 1.807) is 0 Å². The summed E-state index contributed by atoms with van der Waals surface area (Å²) in [5.41, 5.74) is 0.185. The molecule has 1 aromatic rings. The number of hydrazine groups is 1. The Balaban J connectivity index is 2.38. The maximum Gasteiger partial charge on any atom is 0.401 e. The molecule has 1 fully saturated rings. The molecule has 1 saturated heterocycles. The van der Waals surface area contributed by atoms with Crippen LogP contribution >= 0.6 is 23.2 Å². The van der Waals surface area contributed by atoms with Gasteiger partial charge in [0.15, 0.2) is 0 Å². The maximum absolute atomic E-state index is 12.7. The summed E-state index contributed by atoms with van der Waals surface area (Å²) >= 11 is 11.6. The monoisotopic (exact) mass is 312 g/mol. The number of halogens is 5. The lowest BCUT2D eigenvalue weighted by Crippen LogP contribution is -2.37. The molecule has 0 radical (unpaired) electrons. The van der Waals surface area contributed by atoms with Crippen molar-refractivity contribution in [3.05, 3.63) is 28.2 Å². The van der Waals surface area contributed by atoms with E-state index in [0.717, 1.165) is 5.01 Å². The third-order valence-electron chi connectivity index (χ3n) is 2.83. The zero-order chi connectivity index (χ0) is 14.4. The van der Waals surface area contributed by atoms with Crippen molar-refractivity contribution in [2.24, 2.45) is 5.92 Å². The number of carbonyl (C=O) groups excluding carboxylic acids is 1. The molecular formula is C11H9Cl2F3N2O. The molecule has 0 N–H and O–H groups in total. The molecule has 1 heterocycles. The molecular weight excluding hydrogens is 304 g/mol. The summed E-state index contributed by atoms with van der Waals surface area (Å²) < 4.78 is 38.1. The molecule has 1 aliphatic heterocycles. The number of amides is 1. The van der Waals surface area contributed by atoms with E-state index in [-0.39, 0.29) is 10.7 Å². The van der Waals surface area contributed by atoms with Gasteiger partial charge in [0, 0.05) is 18.6 Å². The molecule has 19 heavy (non-hydrogen) atoms. The van der Waals surface area contributed by atoms with Crippen molar-refractivity contribution in [2.45, 2.75) is 6.18 Å². The first-order chi connectivity index (χ1) is 8.71. The first-order valence-electron chi connectivity index (χ1n) is 5.28. The van der Waals surface area contributed by atoms with Crippen LogP contribution in [0, 0.1) is 5.92 Å². The zero-order valence-electron chi connectivity index (χ0n) is 9.71. The van der Waals surface area contributed by atoms with Gasteiger partial charge in [-0.15, -0.1) is 0 Å². The van der Waals surface area contributed by atoms with Gasteiger partial charge in [0.1, 0.15) is 5.92 Å². The molecule has 1 aliphatic rings. The second kappa shape index (κ2) is 4.85. The minimum atomic E-state index is -4.57. The summed E-state index contributed by atoms with van der Waals surface area (Å²) in [6, 6.07) is 4.25. The minimum Gasteiger partial charge on any atom is -0.272 e. The summed E-state index contributed by atoms with van der Waals surface area (Å²) in [7, 11) is 1.40. The van der Waals surface area contributed by atoms with E-state index in [0.29, 0.717) is 5.02 Å². The van der Waals surface area contributed by atoms with Crippen molar-refractivity contribution < 1.29 is 18.0 Å². The standard InChI is InChI=1S/C11H9Cl2F3N2O/c1-17-5-7(11(14,15)16)10(19)18(17)9-3-2-6(12)4-8(9)13/h2-4,7H,5H2,1H3. The van der Waals surface area contributed by atoms with Crippen LogP contribution in [0.25, 0.3) is 0 Å². The molecule has 2 rings (SSSR count). The fraction of sp³-hybridized carbons (Fsp3) is 0.364. The Morgan fingerprint density at radius 2 is 1.95 bits per heavy atom. The first-order valence-corrected chi connectivity index (χ1v) is 6.04. The topological polar surface area (TPSA) is 23.6 Å². The van der Waals surface area contributed by atoms with Gasteiger partial charge in [0.05, 0.1) is 10.7 Å². The number of benzene rings is 1. The van der Waals surface area contributed by atoms with Crippen LogP contribution in [-0.2, 0) is 4.79 Å². The van der Waals surface area contributed by atoms with Crippen LogP contribution in [0.1, 0.15) is 0 Å². The quantitative estimate of drug-likeness (QED) is 0.794. The highest BCUT2D eigenvalue weighted by Gasteiger charge is 2.53. The predicted molar refractivity (Wildman–Crippen MR) is 66.1 cm³/mol. The maximum atomic E-state index is 12.7. The second-order valence-electron chi connectivity index (χ2n) is 4.18. The van der Waals surface area contributed by atoms with E-state index in [2.05, 4.69) is 0 Å². The van der Waals surface area contributed by atoms with Crippen LogP contribution in [0.5, 0.6) is 0 Å². The Morgan fingerprint density at radius 3 is 2.42 bits per heavy atom. The Morgan fingerprint density at radius 1 is 1.32 bits per heavy atom. The normalized spacial score (nSPS) is 21.3. The van der Waals surface area contributed by atoms with Crippen LogP contribution < -0.4 is 5.01 Å². The molecule has 1 aromatic carbocycles. The largest absolute Gasteiger partial charge is 0.401 e. The predicted octanol–water partition coefficient (Wildman–Crippen LogP) is 3.37. The number of rotatable bonds is 1. The van der Waals surface area contributed by atoms with E-state index in [1.807, 2.05) is 0 Å². The van der Waals surface area contributed by atoms with E-state index in [1.165, 1.54) is 30.3 Å². The average Bonchev–Trinajstić information content (AvgIpc) is 2.55. The SMILES string of the molecule is CN1CC(C(F)(F)F)C(=O)N1c1ccc(Cl)cc1Cl. The smallest absolute Gasteiger partial charge is 0.272 e. The average molecular weight is 313 g/mol. The van der Waals surface area contributed by atoms with Gasteiger partial charge < -0.3 is 0 Å². The van der Waals surface area contributed by atoms with Crippen LogP contribution in [0.3, 0.4) is 0 Å². The van der Waals surface area contributed by atoms with E-state index < -0.39 is 24.5 Å². The Hall–Kier alpha value is -0.980. The van der Waals surface area contributed by atoms with Gasteiger partial charge in [-0.1, -0.05) is 23.2 Å². The number of nitrogens with zero attached hydrogens (tertiary/aromatic N) is 2. The van der Waals surface area contributed by atoms with E-state index in [9.17, 15) is 18.0 Å². The van der Waals surface area contributed by atoms with Gasteiger partial charge in [-0.3, -0.25) is 4.79 Å². The van der Waals surface area contributed by atoms with Crippen molar-refractivity contribution >= 4 is 34.8 Å². The summed E-state index contributed by atoms with van der Waals surface area (Å²) in [6.07, 6.45) is -4.57. The number of carbonyl (C=O) groups is 1. The fourth-order valence-corrected chi connectivity index (χ4v) is 2.43. The van der Waals surface area contributed by atoms with Crippen LogP contribution in [0.4, 0.5) is 18.9 Å². The highest BCUT2D eigenvalue weighted by atomic mass is 35.5. The van der Waals surface area contributed by atoms with Gasteiger partial charge in [-0.2, -0.15) is 13.2 Å². The molecule has 8 heteroatoms. The highest BCUT2D eigenvalue weighted by molar-refractivity contribution is 6.36. The molecule has 0 spiro atoms. The van der Waals surface area contributed by atoms with E-state index >= 15 is 0 Å². The van der Waals surface area contributed by atoms with Crippen molar-refractivity contribution in [1.29, 1.82) is 0 Å². The molecule has 104 valence electrons. The van der Waals surface area contributed by atoms with Crippen molar-refractivity contribution in [2.75, 3.05) is 18.6 Å². The van der Waals surface area contributed by atoms with Crippen LogP contribution in [0.2, 0.25) is 10.0 Å². The first kappa shape index (κ1) is 14.4. The zero-order valence-corrected chi connectivity index (χ0v) is 11.2. The van der Waals surface area contributed by atoms with Gasteiger partial charge in [0.2, 0.25) is 0 Å². The van der Waals surface area contributed by atoms with Crippen molar-refractivity contribution in [1.82, 2.24) is 5.01 Å². The molecule has 0 saturated carbocycles. The van der Waals surface area contributed by atoms with Gasteiger partial charge in [-0.25, -0.2) is 10.0 Å². The minimum absolute atomic E-state index is 0.121. The summed E-state index contributed by atoms with van der Waals surface area (Å²) in [4.78, 5) is 11.9. The summed E-state index contributed by atoms with van der Waals surface area (Å²) in [5.74, 6) is -3.08. The lowest BCUT2D eigenvalue weighted by Gasteiger charge is -2.24. The molecule has 0 bridgehead atoms. The molecule has 0 aromatic heterocycles. The lowest BCUT2D eigenvalue weighted by molar-refractivity contribution is -0.175. The molecule has 0 aliphatic carbocycles. The fourth-order valence-electron chi connectivity index (χ4n) is 1.94. The Bertz CT molecular complexity index is 521. The van der Waals surface area contributed by atoms with Crippen LogP contribution in [-0.4, -0.2) is 30.7 Å². The van der Waals surface area contributed by atoms with Gasteiger partial charge >= 0.3 is 6.18 Å². The van der Waals surface area contributed by atoms with Gasteiger partial charge in [0.25, 0.3) is 5.91 Å². The lowest BCUT2D eigenvalue weighted by atomic mass is 10.1. The number of alkyl halides is 3. The van der Waals surface area contributed by atoms with Crippen LogP contribution in [0.15, 0.2) is 18.2 Å². The summed E-state index contributed by atoms with van der Waals surface area (Å²) in [6.45, 7) is -0.429. The second-order valence-corrected chi connectivity index (χ2v) is 5.02. The number of hydrogen-bond acceptors (Lipinski definition) is 2.